The summed E-state index contributed by atoms with van der Waals surface area (Å²) in [6, 6.07) is 8.24. The molecular formula is C17H26BrNO. The second kappa shape index (κ2) is 6.95. The van der Waals surface area contributed by atoms with Crippen molar-refractivity contribution in [3.05, 3.63) is 28.7 Å². The lowest BCUT2D eigenvalue weighted by molar-refractivity contribution is 0.135. The Morgan fingerprint density at radius 1 is 1.35 bits per heavy atom. The van der Waals surface area contributed by atoms with E-state index in [1.165, 1.54) is 19.3 Å². The Morgan fingerprint density at radius 2 is 2.05 bits per heavy atom. The van der Waals surface area contributed by atoms with Crippen LogP contribution in [0.15, 0.2) is 28.7 Å². The first-order valence-electron chi connectivity index (χ1n) is 7.67. The number of benzene rings is 1. The minimum atomic E-state index is -0.133. The first kappa shape index (κ1) is 15.8. The van der Waals surface area contributed by atoms with Gasteiger partial charge < -0.3 is 10.4 Å². The van der Waals surface area contributed by atoms with Crippen molar-refractivity contribution in [3.63, 3.8) is 0 Å². The van der Waals surface area contributed by atoms with Crippen LogP contribution in [0.25, 0.3) is 0 Å². The molecule has 20 heavy (non-hydrogen) atoms. The van der Waals surface area contributed by atoms with Gasteiger partial charge in [0.25, 0.3) is 0 Å². The molecule has 0 aliphatic heterocycles. The van der Waals surface area contributed by atoms with Crippen molar-refractivity contribution in [2.75, 3.05) is 11.9 Å². The molecule has 0 bridgehead atoms. The van der Waals surface area contributed by atoms with Crippen LogP contribution in [0.3, 0.4) is 0 Å². The average Bonchev–Trinajstić information content (AvgIpc) is 2.41. The van der Waals surface area contributed by atoms with Gasteiger partial charge in [-0.25, -0.2) is 0 Å². The summed E-state index contributed by atoms with van der Waals surface area (Å²) in [6.45, 7) is 4.80. The predicted octanol–water partition coefficient (Wildman–Crippen LogP) is 4.83. The maximum atomic E-state index is 9.94. The Hall–Kier alpha value is -0.540. The van der Waals surface area contributed by atoms with Crippen molar-refractivity contribution in [1.82, 2.24) is 0 Å². The third-order valence-corrected chi connectivity index (χ3v) is 4.84. The van der Waals surface area contributed by atoms with E-state index in [0.29, 0.717) is 0 Å². The smallest absolute Gasteiger partial charge is 0.0661 e. The van der Waals surface area contributed by atoms with E-state index in [2.05, 4.69) is 47.2 Å². The number of hydrogen-bond acceptors (Lipinski definition) is 2. The summed E-state index contributed by atoms with van der Waals surface area (Å²) in [4.78, 5) is 0. The van der Waals surface area contributed by atoms with Crippen LogP contribution < -0.4 is 5.32 Å². The van der Waals surface area contributed by atoms with E-state index < -0.39 is 0 Å². The predicted molar refractivity (Wildman–Crippen MR) is 89.0 cm³/mol. The quantitative estimate of drug-likeness (QED) is 0.805. The lowest BCUT2D eigenvalue weighted by Gasteiger charge is -2.41. The molecule has 1 aromatic carbocycles. The third kappa shape index (κ3) is 4.23. The van der Waals surface area contributed by atoms with Gasteiger partial charge in [-0.15, -0.1) is 0 Å². The fourth-order valence-electron chi connectivity index (χ4n) is 3.49. The van der Waals surface area contributed by atoms with Crippen LogP contribution in [-0.2, 0) is 0 Å². The third-order valence-electron chi connectivity index (χ3n) is 4.31. The van der Waals surface area contributed by atoms with Crippen molar-refractivity contribution < 1.29 is 5.11 Å². The van der Waals surface area contributed by atoms with Crippen molar-refractivity contribution in [2.24, 2.45) is 11.8 Å². The van der Waals surface area contributed by atoms with Crippen LogP contribution in [0.1, 0.15) is 46.0 Å². The summed E-state index contributed by atoms with van der Waals surface area (Å²) in [5.74, 6) is 1.47. The van der Waals surface area contributed by atoms with Crippen molar-refractivity contribution in [2.45, 2.75) is 51.5 Å². The molecule has 2 unspecified atom stereocenters. The van der Waals surface area contributed by atoms with Gasteiger partial charge in [0.05, 0.1) is 12.1 Å². The molecule has 0 aromatic heterocycles. The molecule has 0 saturated heterocycles. The van der Waals surface area contributed by atoms with Crippen LogP contribution >= 0.6 is 15.9 Å². The molecule has 1 fully saturated rings. The Balaban J connectivity index is 2.06. The highest BCUT2D eigenvalue weighted by atomic mass is 79.9. The van der Waals surface area contributed by atoms with Gasteiger partial charge in [-0.05, 0) is 55.4 Å². The number of anilines is 1. The number of aliphatic hydroxyl groups is 1. The number of nitrogens with one attached hydrogen (secondary N) is 1. The minimum absolute atomic E-state index is 0.133. The van der Waals surface area contributed by atoms with Gasteiger partial charge in [0, 0.05) is 10.2 Å². The van der Waals surface area contributed by atoms with Crippen molar-refractivity contribution >= 4 is 21.6 Å². The average molecular weight is 340 g/mol. The molecule has 1 saturated carbocycles. The molecule has 0 heterocycles. The van der Waals surface area contributed by atoms with E-state index in [1.807, 2.05) is 12.1 Å². The molecular weight excluding hydrogens is 314 g/mol. The van der Waals surface area contributed by atoms with E-state index >= 15 is 0 Å². The Kier molecular flexibility index (Phi) is 5.50. The molecule has 2 nitrogen and oxygen atoms in total. The number of halogens is 1. The van der Waals surface area contributed by atoms with E-state index in [9.17, 15) is 5.11 Å². The van der Waals surface area contributed by atoms with E-state index in [1.54, 1.807) is 0 Å². The Labute approximate surface area is 131 Å². The molecule has 1 aromatic rings. The topological polar surface area (TPSA) is 32.3 Å². The van der Waals surface area contributed by atoms with Gasteiger partial charge >= 0.3 is 0 Å². The Morgan fingerprint density at radius 3 is 2.65 bits per heavy atom. The highest BCUT2D eigenvalue weighted by Crippen LogP contribution is 2.37. The van der Waals surface area contributed by atoms with E-state index in [4.69, 9.17) is 0 Å². The lowest BCUT2D eigenvalue weighted by atomic mass is 9.73. The van der Waals surface area contributed by atoms with Gasteiger partial charge in [-0.1, -0.05) is 42.6 Å². The molecule has 112 valence electrons. The second-order valence-corrected chi connectivity index (χ2v) is 7.58. The summed E-state index contributed by atoms with van der Waals surface area (Å²) < 4.78 is 1.09. The standard InChI is InChI=1S/C17H26BrNO/c1-13(2)10-14-4-3-9-17(11-14,12-20)19-16-7-5-15(18)6-8-16/h5-8,13-14,19-20H,3-4,9-12H2,1-2H3. The number of aliphatic hydroxyl groups excluding tert-OH is 1. The zero-order valence-electron chi connectivity index (χ0n) is 12.5. The van der Waals surface area contributed by atoms with Crippen molar-refractivity contribution in [3.8, 4) is 0 Å². The fraction of sp³-hybridized carbons (Fsp3) is 0.647. The maximum Gasteiger partial charge on any atom is 0.0661 e. The normalized spacial score (nSPS) is 26.8. The molecule has 0 radical (unpaired) electrons. The Bertz CT molecular complexity index is 418. The zero-order chi connectivity index (χ0) is 14.6. The van der Waals surface area contributed by atoms with E-state index in [-0.39, 0.29) is 12.1 Å². The highest BCUT2D eigenvalue weighted by molar-refractivity contribution is 9.10. The van der Waals surface area contributed by atoms with Crippen LogP contribution in [0.4, 0.5) is 5.69 Å². The molecule has 2 rings (SSSR count). The van der Waals surface area contributed by atoms with Gasteiger partial charge in [-0.2, -0.15) is 0 Å². The van der Waals surface area contributed by atoms with Crippen LogP contribution in [0.2, 0.25) is 0 Å². The SMILES string of the molecule is CC(C)CC1CCCC(CO)(Nc2ccc(Br)cc2)C1. The van der Waals surface area contributed by atoms with Crippen LogP contribution in [-0.4, -0.2) is 17.3 Å². The van der Waals surface area contributed by atoms with Crippen molar-refractivity contribution in [1.29, 1.82) is 0 Å². The summed E-state index contributed by atoms with van der Waals surface area (Å²) >= 11 is 3.46. The zero-order valence-corrected chi connectivity index (χ0v) is 14.1. The number of hydrogen-bond donors (Lipinski definition) is 2. The minimum Gasteiger partial charge on any atom is -0.394 e. The summed E-state index contributed by atoms with van der Waals surface area (Å²) in [6.07, 6.45) is 5.93. The highest BCUT2D eigenvalue weighted by Gasteiger charge is 2.35. The molecule has 0 amide bonds. The van der Waals surface area contributed by atoms with Gasteiger partial charge in [0.1, 0.15) is 0 Å². The van der Waals surface area contributed by atoms with Gasteiger partial charge in [0.2, 0.25) is 0 Å². The first-order chi connectivity index (χ1) is 9.53. The molecule has 1 aliphatic carbocycles. The molecule has 1 aliphatic rings. The van der Waals surface area contributed by atoms with Gasteiger partial charge in [-0.3, -0.25) is 0 Å². The summed E-state index contributed by atoms with van der Waals surface area (Å²) in [5, 5.41) is 13.5. The largest absolute Gasteiger partial charge is 0.394 e. The first-order valence-corrected chi connectivity index (χ1v) is 8.47. The van der Waals surface area contributed by atoms with E-state index in [0.717, 1.165) is 34.8 Å². The molecule has 0 spiro atoms. The fourth-order valence-corrected chi connectivity index (χ4v) is 3.75. The number of rotatable bonds is 5. The monoisotopic (exact) mass is 339 g/mol. The van der Waals surface area contributed by atoms with Crippen LogP contribution in [0, 0.1) is 11.8 Å². The van der Waals surface area contributed by atoms with Crippen LogP contribution in [0.5, 0.6) is 0 Å². The van der Waals surface area contributed by atoms with Gasteiger partial charge in [0.15, 0.2) is 0 Å². The molecule has 2 atom stereocenters. The lowest BCUT2D eigenvalue weighted by Crippen LogP contribution is -2.46. The second-order valence-electron chi connectivity index (χ2n) is 6.66. The maximum absolute atomic E-state index is 9.94. The molecule has 2 N–H and O–H groups in total. The summed E-state index contributed by atoms with van der Waals surface area (Å²) in [7, 11) is 0. The summed E-state index contributed by atoms with van der Waals surface area (Å²) in [5.41, 5.74) is 0.971. The molecule has 3 heteroatoms.